The van der Waals surface area contributed by atoms with Gasteiger partial charge in [-0.05, 0) is 89.9 Å². The molecule has 422 valence electrons. The van der Waals surface area contributed by atoms with Crippen LogP contribution in [-0.4, -0.2) is 37.2 Å². The molecule has 0 N–H and O–H groups in total. The summed E-state index contributed by atoms with van der Waals surface area (Å²) in [4.78, 5) is 38.2. The fourth-order valence-electron chi connectivity index (χ4n) is 9.00. The number of carbonyl (C=O) groups is 3. The Labute approximate surface area is 453 Å². The molecule has 1 unspecified atom stereocenters. The van der Waals surface area contributed by atoms with Crippen LogP contribution in [0.15, 0.2) is 72.9 Å². The molecule has 0 fully saturated rings. The molecular weight excluding hydrogens is 901 g/mol. The molecule has 0 spiro atoms. The Morgan fingerprint density at radius 3 is 0.863 bits per heavy atom. The molecule has 0 saturated carbocycles. The van der Waals surface area contributed by atoms with E-state index in [-0.39, 0.29) is 31.1 Å². The molecule has 0 aliphatic heterocycles. The van der Waals surface area contributed by atoms with Gasteiger partial charge < -0.3 is 14.2 Å². The van der Waals surface area contributed by atoms with Gasteiger partial charge in [-0.1, -0.05) is 280 Å². The molecule has 0 rings (SSSR count). The van der Waals surface area contributed by atoms with Crippen molar-refractivity contribution in [1.29, 1.82) is 0 Å². The maximum absolute atomic E-state index is 12.8. The van der Waals surface area contributed by atoms with Crippen LogP contribution >= 0.6 is 0 Å². The molecule has 0 radical (unpaired) electrons. The highest BCUT2D eigenvalue weighted by Crippen LogP contribution is 2.17. The molecule has 0 aromatic carbocycles. The van der Waals surface area contributed by atoms with E-state index in [0.717, 1.165) is 103 Å². The van der Waals surface area contributed by atoms with Crippen LogP contribution in [0.25, 0.3) is 0 Å². The largest absolute Gasteiger partial charge is 0.462 e. The number of esters is 3. The second-order valence-corrected chi connectivity index (χ2v) is 20.9. The Kier molecular flexibility index (Phi) is 58.7. The second-order valence-electron chi connectivity index (χ2n) is 20.9. The Balaban J connectivity index is 4.19. The van der Waals surface area contributed by atoms with E-state index in [2.05, 4.69) is 93.7 Å². The first-order valence-electron chi connectivity index (χ1n) is 31.4. The highest BCUT2D eigenvalue weighted by molar-refractivity contribution is 5.71. The summed E-state index contributed by atoms with van der Waals surface area (Å²) in [7, 11) is 0. The summed E-state index contributed by atoms with van der Waals surface area (Å²) >= 11 is 0. The number of allylic oxidation sites excluding steroid dienone is 12. The van der Waals surface area contributed by atoms with Crippen molar-refractivity contribution >= 4 is 17.9 Å². The van der Waals surface area contributed by atoms with Gasteiger partial charge in [0.1, 0.15) is 13.2 Å². The molecule has 0 amide bonds. The standard InChI is InChI=1S/C67H118O6/c1-4-7-10-13-16-19-22-25-26-27-28-29-30-31-32-33-34-35-36-37-38-39-40-43-45-48-51-54-57-60-66(69)72-63-64(73-67(70)61-58-55-52-49-46-42-24-21-18-15-12-9-6-3)62-71-65(68)59-56-53-50-47-44-41-23-20-17-14-11-8-5-2/h7,10,16,19,21,24-26,28-29,31-32,64H,4-6,8-9,11-15,17-18,20,22-23,27,30,33-63H2,1-3H3/b10-7-,19-16-,24-21-,26-25-,29-28-,32-31-. The van der Waals surface area contributed by atoms with Crippen LogP contribution in [0.2, 0.25) is 0 Å². The second kappa shape index (κ2) is 61.4. The SMILES string of the molecule is CC/C=C\C/C=C\C/C=C\C/C=C\C/C=C\CCCCCCCCCCCCCCCC(=O)OCC(COC(=O)CCCCCCCCCCCCCCC)OC(=O)CCCCCCC/C=C\CCCCCC. The van der Waals surface area contributed by atoms with E-state index in [4.69, 9.17) is 14.2 Å². The normalized spacial score (nSPS) is 12.5. The molecule has 0 aromatic rings. The van der Waals surface area contributed by atoms with Crippen LogP contribution in [0.5, 0.6) is 0 Å². The predicted molar refractivity (Wildman–Crippen MR) is 316 cm³/mol. The van der Waals surface area contributed by atoms with Gasteiger partial charge in [0, 0.05) is 19.3 Å². The molecule has 0 aromatic heterocycles. The fourth-order valence-corrected chi connectivity index (χ4v) is 9.00. The van der Waals surface area contributed by atoms with Gasteiger partial charge in [0.2, 0.25) is 0 Å². The minimum Gasteiger partial charge on any atom is -0.462 e. The van der Waals surface area contributed by atoms with Crippen LogP contribution in [0.4, 0.5) is 0 Å². The summed E-state index contributed by atoms with van der Waals surface area (Å²) in [6.45, 7) is 6.53. The van der Waals surface area contributed by atoms with Crippen molar-refractivity contribution in [2.24, 2.45) is 0 Å². The first kappa shape index (κ1) is 69.8. The smallest absolute Gasteiger partial charge is 0.306 e. The Hall–Kier alpha value is -3.15. The first-order chi connectivity index (χ1) is 36.0. The van der Waals surface area contributed by atoms with E-state index in [1.165, 1.54) is 173 Å². The van der Waals surface area contributed by atoms with Crippen LogP contribution < -0.4 is 0 Å². The molecule has 0 aliphatic rings. The molecule has 6 heteroatoms. The number of carbonyl (C=O) groups excluding carboxylic acids is 3. The van der Waals surface area contributed by atoms with E-state index < -0.39 is 6.10 Å². The summed E-state index contributed by atoms with van der Waals surface area (Å²) in [5.74, 6) is -0.871. The lowest BCUT2D eigenvalue weighted by Crippen LogP contribution is -2.30. The lowest BCUT2D eigenvalue weighted by molar-refractivity contribution is -0.167. The summed E-state index contributed by atoms with van der Waals surface area (Å²) < 4.78 is 16.9. The van der Waals surface area contributed by atoms with Crippen molar-refractivity contribution in [2.75, 3.05) is 13.2 Å². The predicted octanol–water partition coefficient (Wildman–Crippen LogP) is 21.3. The van der Waals surface area contributed by atoms with E-state index >= 15 is 0 Å². The van der Waals surface area contributed by atoms with Crippen LogP contribution in [0.1, 0.15) is 316 Å². The van der Waals surface area contributed by atoms with Crippen LogP contribution in [-0.2, 0) is 28.6 Å². The lowest BCUT2D eigenvalue weighted by Gasteiger charge is -2.18. The van der Waals surface area contributed by atoms with Crippen LogP contribution in [0.3, 0.4) is 0 Å². The van der Waals surface area contributed by atoms with E-state index in [1.54, 1.807) is 0 Å². The minimum atomic E-state index is -0.777. The van der Waals surface area contributed by atoms with E-state index in [1.807, 2.05) is 0 Å². The topological polar surface area (TPSA) is 78.9 Å². The van der Waals surface area contributed by atoms with Crippen LogP contribution in [0, 0.1) is 0 Å². The third-order valence-electron chi connectivity index (χ3n) is 13.7. The third-order valence-corrected chi connectivity index (χ3v) is 13.7. The highest BCUT2D eigenvalue weighted by Gasteiger charge is 2.19. The molecule has 6 nitrogen and oxygen atoms in total. The maximum atomic E-state index is 12.8. The molecular formula is C67H118O6. The Morgan fingerprint density at radius 1 is 0.288 bits per heavy atom. The van der Waals surface area contributed by atoms with Crippen molar-refractivity contribution < 1.29 is 28.6 Å². The zero-order valence-electron chi connectivity index (χ0n) is 48.4. The van der Waals surface area contributed by atoms with Crippen molar-refractivity contribution in [2.45, 2.75) is 322 Å². The molecule has 0 saturated heterocycles. The van der Waals surface area contributed by atoms with Gasteiger partial charge in [-0.25, -0.2) is 0 Å². The number of hydrogen-bond acceptors (Lipinski definition) is 6. The Bertz CT molecular complexity index is 1360. The lowest BCUT2D eigenvalue weighted by atomic mass is 10.0. The monoisotopic (exact) mass is 1020 g/mol. The van der Waals surface area contributed by atoms with Crippen molar-refractivity contribution in [3.63, 3.8) is 0 Å². The van der Waals surface area contributed by atoms with Gasteiger partial charge in [-0.2, -0.15) is 0 Å². The zero-order valence-corrected chi connectivity index (χ0v) is 48.4. The number of ether oxygens (including phenoxy) is 3. The van der Waals surface area contributed by atoms with Gasteiger partial charge in [-0.15, -0.1) is 0 Å². The fraction of sp³-hybridized carbons (Fsp3) is 0.776. The molecule has 0 bridgehead atoms. The quantitative estimate of drug-likeness (QED) is 0.0261. The van der Waals surface area contributed by atoms with E-state index in [9.17, 15) is 14.4 Å². The number of hydrogen-bond donors (Lipinski definition) is 0. The van der Waals surface area contributed by atoms with Crippen molar-refractivity contribution in [3.05, 3.63) is 72.9 Å². The zero-order chi connectivity index (χ0) is 52.9. The molecule has 73 heavy (non-hydrogen) atoms. The van der Waals surface area contributed by atoms with Gasteiger partial charge in [0.15, 0.2) is 6.10 Å². The van der Waals surface area contributed by atoms with Crippen molar-refractivity contribution in [1.82, 2.24) is 0 Å². The Morgan fingerprint density at radius 2 is 0.534 bits per heavy atom. The van der Waals surface area contributed by atoms with E-state index in [0.29, 0.717) is 19.3 Å². The highest BCUT2D eigenvalue weighted by atomic mass is 16.6. The van der Waals surface area contributed by atoms with Gasteiger partial charge >= 0.3 is 17.9 Å². The van der Waals surface area contributed by atoms with Gasteiger partial charge in [0.25, 0.3) is 0 Å². The van der Waals surface area contributed by atoms with Gasteiger partial charge in [0.05, 0.1) is 0 Å². The molecule has 0 aliphatic carbocycles. The summed E-state index contributed by atoms with van der Waals surface area (Å²) in [6.07, 6.45) is 79.1. The summed E-state index contributed by atoms with van der Waals surface area (Å²) in [6, 6.07) is 0. The average molecular weight is 1020 g/mol. The first-order valence-corrected chi connectivity index (χ1v) is 31.4. The number of unbranched alkanes of at least 4 members (excludes halogenated alkanes) is 34. The minimum absolute atomic E-state index is 0.0746. The van der Waals surface area contributed by atoms with Gasteiger partial charge in [-0.3, -0.25) is 14.4 Å². The molecule has 1 atom stereocenters. The third kappa shape index (κ3) is 59.6. The summed E-state index contributed by atoms with van der Waals surface area (Å²) in [5.41, 5.74) is 0. The maximum Gasteiger partial charge on any atom is 0.306 e. The summed E-state index contributed by atoms with van der Waals surface area (Å²) in [5, 5.41) is 0. The van der Waals surface area contributed by atoms with Crippen molar-refractivity contribution in [3.8, 4) is 0 Å². The number of rotatable bonds is 57. The average Bonchev–Trinajstić information content (AvgIpc) is 3.39. The molecule has 0 heterocycles.